The lowest BCUT2D eigenvalue weighted by Crippen LogP contribution is -2.38. The zero-order chi connectivity index (χ0) is 13.5. The Hall–Kier alpha value is -1.24. The lowest BCUT2D eigenvalue weighted by atomic mass is 10.1. The second kappa shape index (κ2) is 4.46. The molecule has 0 saturated heterocycles. The molecule has 1 aromatic rings. The Morgan fingerprint density at radius 1 is 1.39 bits per heavy atom. The number of nitrogens with one attached hydrogen (secondary N) is 1. The van der Waals surface area contributed by atoms with Crippen LogP contribution in [0.25, 0.3) is 0 Å². The van der Waals surface area contributed by atoms with E-state index < -0.39 is 40.2 Å². The summed E-state index contributed by atoms with van der Waals surface area (Å²) in [6.45, 7) is 0. The average molecular weight is 324 g/mol. The van der Waals surface area contributed by atoms with E-state index in [1.807, 2.05) is 0 Å². The number of halogens is 4. The van der Waals surface area contributed by atoms with Crippen LogP contribution >= 0.6 is 15.9 Å². The number of phenolic OH excluding ortho intramolecular Hbond substituents is 1. The van der Waals surface area contributed by atoms with Crippen molar-refractivity contribution in [2.24, 2.45) is 0 Å². The van der Waals surface area contributed by atoms with Crippen molar-refractivity contribution in [3.63, 3.8) is 0 Å². The molecule has 1 aliphatic carbocycles. The molecule has 18 heavy (non-hydrogen) atoms. The first-order valence-corrected chi connectivity index (χ1v) is 6.27. The van der Waals surface area contributed by atoms with Gasteiger partial charge in [0.1, 0.15) is 0 Å². The molecule has 7 heteroatoms. The SMILES string of the molecule is O=C(NC1(CBr)CC1)c1cc(F)c(F)c(O)c1F. The van der Waals surface area contributed by atoms with Gasteiger partial charge in [0.05, 0.1) is 11.1 Å². The second-order valence-corrected chi connectivity index (χ2v) is 4.81. The third-order valence-electron chi connectivity index (χ3n) is 2.87. The van der Waals surface area contributed by atoms with Crippen molar-refractivity contribution in [2.45, 2.75) is 18.4 Å². The van der Waals surface area contributed by atoms with Crippen molar-refractivity contribution in [3.8, 4) is 5.75 Å². The predicted octanol–water partition coefficient (Wildman–Crippen LogP) is 2.47. The normalized spacial score (nSPS) is 16.4. The van der Waals surface area contributed by atoms with E-state index in [0.29, 0.717) is 11.4 Å². The molecule has 0 radical (unpaired) electrons. The molecule has 2 rings (SSSR count). The number of hydrogen-bond acceptors (Lipinski definition) is 2. The van der Waals surface area contributed by atoms with Gasteiger partial charge in [0.15, 0.2) is 17.4 Å². The molecule has 0 heterocycles. The van der Waals surface area contributed by atoms with E-state index in [1.165, 1.54) is 0 Å². The Labute approximate surface area is 109 Å². The standard InChI is InChI=1S/C11H9BrF3NO2/c12-4-11(1-2-11)16-10(18)5-3-6(13)8(15)9(17)7(5)14/h3,17H,1-2,4H2,(H,16,18). The number of carbonyl (C=O) groups is 1. The minimum atomic E-state index is -1.70. The van der Waals surface area contributed by atoms with Gasteiger partial charge < -0.3 is 10.4 Å². The average Bonchev–Trinajstić information content (AvgIpc) is 3.11. The summed E-state index contributed by atoms with van der Waals surface area (Å²) >= 11 is 3.20. The number of hydrogen-bond donors (Lipinski definition) is 2. The number of alkyl halides is 1. The molecule has 1 fully saturated rings. The molecule has 1 amide bonds. The van der Waals surface area contributed by atoms with Crippen LogP contribution < -0.4 is 5.32 Å². The van der Waals surface area contributed by atoms with Crippen LogP contribution in [0.4, 0.5) is 13.2 Å². The van der Waals surface area contributed by atoms with Gasteiger partial charge in [-0.25, -0.2) is 8.78 Å². The minimum absolute atomic E-state index is 0.435. The third-order valence-corrected chi connectivity index (χ3v) is 3.94. The van der Waals surface area contributed by atoms with Crippen LogP contribution in [0.1, 0.15) is 23.2 Å². The van der Waals surface area contributed by atoms with Crippen LogP contribution in [0.2, 0.25) is 0 Å². The van der Waals surface area contributed by atoms with Crippen molar-refractivity contribution in [3.05, 3.63) is 29.1 Å². The van der Waals surface area contributed by atoms with Crippen molar-refractivity contribution in [1.29, 1.82) is 0 Å². The van der Waals surface area contributed by atoms with Crippen LogP contribution in [-0.4, -0.2) is 21.9 Å². The van der Waals surface area contributed by atoms with Gasteiger partial charge in [-0.05, 0) is 18.9 Å². The van der Waals surface area contributed by atoms with Crippen LogP contribution in [0.3, 0.4) is 0 Å². The first-order chi connectivity index (χ1) is 8.40. The summed E-state index contributed by atoms with van der Waals surface area (Å²) in [5.41, 5.74) is -1.16. The molecule has 1 aliphatic rings. The molecular formula is C11H9BrF3NO2. The van der Waals surface area contributed by atoms with Crippen molar-refractivity contribution >= 4 is 21.8 Å². The van der Waals surface area contributed by atoms with Gasteiger partial charge in [-0.1, -0.05) is 15.9 Å². The molecule has 2 N–H and O–H groups in total. The molecular weight excluding hydrogens is 315 g/mol. The molecule has 98 valence electrons. The van der Waals surface area contributed by atoms with E-state index >= 15 is 0 Å². The Morgan fingerprint density at radius 2 is 2.00 bits per heavy atom. The van der Waals surface area contributed by atoms with Gasteiger partial charge in [0.2, 0.25) is 5.82 Å². The van der Waals surface area contributed by atoms with Gasteiger partial charge in [-0.15, -0.1) is 0 Å². The van der Waals surface area contributed by atoms with Gasteiger partial charge in [-0.3, -0.25) is 4.79 Å². The maximum Gasteiger partial charge on any atom is 0.254 e. The quantitative estimate of drug-likeness (QED) is 0.663. The third kappa shape index (κ3) is 2.19. The summed E-state index contributed by atoms with van der Waals surface area (Å²) in [7, 11) is 0. The molecule has 1 aromatic carbocycles. The van der Waals surface area contributed by atoms with Crippen molar-refractivity contribution < 1.29 is 23.1 Å². The van der Waals surface area contributed by atoms with E-state index in [-0.39, 0.29) is 0 Å². The molecule has 1 saturated carbocycles. The van der Waals surface area contributed by atoms with Crippen LogP contribution in [0.5, 0.6) is 5.75 Å². The number of carbonyl (C=O) groups excluding carboxylic acids is 1. The zero-order valence-electron chi connectivity index (χ0n) is 9.07. The topological polar surface area (TPSA) is 49.3 Å². The van der Waals surface area contributed by atoms with Gasteiger partial charge in [0, 0.05) is 5.33 Å². The Bertz CT molecular complexity index is 518. The number of rotatable bonds is 3. The summed E-state index contributed by atoms with van der Waals surface area (Å²) in [5, 5.41) is 12.0. The first kappa shape index (κ1) is 13.2. The number of amides is 1. The monoisotopic (exact) mass is 323 g/mol. The molecule has 0 aliphatic heterocycles. The van der Waals surface area contributed by atoms with Crippen LogP contribution in [-0.2, 0) is 0 Å². The first-order valence-electron chi connectivity index (χ1n) is 5.15. The lowest BCUT2D eigenvalue weighted by molar-refractivity contribution is 0.0930. The fourth-order valence-electron chi connectivity index (χ4n) is 1.51. The predicted molar refractivity (Wildman–Crippen MR) is 61.2 cm³/mol. The maximum atomic E-state index is 13.5. The summed E-state index contributed by atoms with van der Waals surface area (Å²) in [6, 6.07) is 0.435. The number of phenols is 1. The van der Waals surface area contributed by atoms with Crippen molar-refractivity contribution in [2.75, 3.05) is 5.33 Å². The lowest BCUT2D eigenvalue weighted by Gasteiger charge is -2.15. The Kier molecular flexibility index (Phi) is 3.27. The second-order valence-electron chi connectivity index (χ2n) is 4.25. The fourth-order valence-corrected chi connectivity index (χ4v) is 2.21. The molecule has 0 aromatic heterocycles. The number of aromatic hydroxyl groups is 1. The summed E-state index contributed by atoms with van der Waals surface area (Å²) < 4.78 is 39.3. The Balaban J connectivity index is 2.31. The number of benzene rings is 1. The van der Waals surface area contributed by atoms with Gasteiger partial charge in [0.25, 0.3) is 5.91 Å². The van der Waals surface area contributed by atoms with E-state index in [1.54, 1.807) is 0 Å². The molecule has 0 unspecified atom stereocenters. The van der Waals surface area contributed by atoms with E-state index in [0.717, 1.165) is 12.8 Å². The highest BCUT2D eigenvalue weighted by atomic mass is 79.9. The summed E-state index contributed by atoms with van der Waals surface area (Å²) in [5.74, 6) is -6.99. The molecule has 3 nitrogen and oxygen atoms in total. The van der Waals surface area contributed by atoms with Crippen LogP contribution in [0, 0.1) is 17.5 Å². The van der Waals surface area contributed by atoms with Gasteiger partial charge >= 0.3 is 0 Å². The van der Waals surface area contributed by atoms with E-state index in [4.69, 9.17) is 5.11 Å². The smallest absolute Gasteiger partial charge is 0.254 e. The van der Waals surface area contributed by atoms with E-state index in [2.05, 4.69) is 21.2 Å². The van der Waals surface area contributed by atoms with Gasteiger partial charge in [-0.2, -0.15) is 4.39 Å². The van der Waals surface area contributed by atoms with Crippen LogP contribution in [0.15, 0.2) is 6.07 Å². The summed E-state index contributed by atoms with van der Waals surface area (Å²) in [4.78, 5) is 11.7. The Morgan fingerprint density at radius 3 is 2.50 bits per heavy atom. The maximum absolute atomic E-state index is 13.5. The zero-order valence-corrected chi connectivity index (χ0v) is 10.7. The minimum Gasteiger partial charge on any atom is -0.503 e. The molecule has 0 bridgehead atoms. The van der Waals surface area contributed by atoms with E-state index in [9.17, 15) is 18.0 Å². The fraction of sp³-hybridized carbons (Fsp3) is 0.364. The largest absolute Gasteiger partial charge is 0.503 e. The molecule has 0 atom stereocenters. The highest BCUT2D eigenvalue weighted by Crippen LogP contribution is 2.37. The van der Waals surface area contributed by atoms with Crippen molar-refractivity contribution in [1.82, 2.24) is 5.32 Å². The summed E-state index contributed by atoms with van der Waals surface area (Å²) in [6.07, 6.45) is 1.45. The highest BCUT2D eigenvalue weighted by Gasteiger charge is 2.43. The molecule has 0 spiro atoms. The highest BCUT2D eigenvalue weighted by molar-refractivity contribution is 9.09.